The maximum atomic E-state index is 11.1. The normalized spacial score (nSPS) is 12.6. The van der Waals surface area contributed by atoms with Crippen molar-refractivity contribution in [2.75, 3.05) is 0 Å². The number of thiophene rings is 1. The first kappa shape index (κ1) is 12.7. The van der Waals surface area contributed by atoms with Crippen molar-refractivity contribution in [2.45, 2.75) is 26.0 Å². The Bertz CT molecular complexity index is 536. The summed E-state index contributed by atoms with van der Waals surface area (Å²) in [4.78, 5) is 11.9. The van der Waals surface area contributed by atoms with Crippen molar-refractivity contribution in [3.8, 4) is 10.6 Å². The maximum Gasteiger partial charge on any atom is 0.358 e. The molecular weight excluding hydrogens is 254 g/mol. The fraction of sp³-hybridized carbons (Fsp3) is 0.364. The molecule has 0 aliphatic rings. The van der Waals surface area contributed by atoms with Gasteiger partial charge in [0.05, 0.1) is 17.5 Å². The van der Waals surface area contributed by atoms with Crippen LogP contribution in [-0.2, 0) is 6.54 Å². The first-order valence-corrected chi connectivity index (χ1v) is 6.40. The van der Waals surface area contributed by atoms with E-state index in [1.54, 1.807) is 0 Å². The number of carboxylic acid groups (broad SMARTS) is 1. The second kappa shape index (κ2) is 5.28. The highest BCUT2D eigenvalue weighted by Crippen LogP contribution is 2.27. The molecule has 96 valence electrons. The lowest BCUT2D eigenvalue weighted by Crippen LogP contribution is -2.16. The summed E-state index contributed by atoms with van der Waals surface area (Å²) in [5.74, 6) is -1.12. The van der Waals surface area contributed by atoms with E-state index >= 15 is 0 Å². The standard InChI is InChI=1S/C11H13N3O3S/c1-2-7(15)6-14-10(8-4-3-5-18-8)9(11(16)17)12-13-14/h3-5,7,15H,2,6H2,1H3,(H,16,17). The summed E-state index contributed by atoms with van der Waals surface area (Å²) in [5, 5.41) is 28.1. The van der Waals surface area contributed by atoms with E-state index < -0.39 is 12.1 Å². The summed E-state index contributed by atoms with van der Waals surface area (Å²) >= 11 is 1.42. The van der Waals surface area contributed by atoms with Crippen molar-refractivity contribution in [2.24, 2.45) is 0 Å². The summed E-state index contributed by atoms with van der Waals surface area (Å²) in [6.45, 7) is 2.09. The smallest absolute Gasteiger partial charge is 0.358 e. The first-order valence-electron chi connectivity index (χ1n) is 5.52. The molecule has 2 heterocycles. The van der Waals surface area contributed by atoms with Gasteiger partial charge in [-0.15, -0.1) is 16.4 Å². The zero-order valence-corrected chi connectivity index (χ0v) is 10.6. The minimum Gasteiger partial charge on any atom is -0.476 e. The van der Waals surface area contributed by atoms with Crippen LogP contribution in [0.3, 0.4) is 0 Å². The number of carbonyl (C=O) groups is 1. The van der Waals surface area contributed by atoms with Gasteiger partial charge in [-0.2, -0.15) is 0 Å². The lowest BCUT2D eigenvalue weighted by Gasteiger charge is -2.09. The lowest BCUT2D eigenvalue weighted by atomic mass is 10.2. The van der Waals surface area contributed by atoms with Crippen LogP contribution in [0.25, 0.3) is 10.6 Å². The summed E-state index contributed by atoms with van der Waals surface area (Å²) < 4.78 is 1.45. The number of hydrogen-bond donors (Lipinski definition) is 2. The first-order chi connectivity index (χ1) is 8.63. The Morgan fingerprint density at radius 2 is 2.39 bits per heavy atom. The van der Waals surface area contributed by atoms with Crippen LogP contribution >= 0.6 is 11.3 Å². The van der Waals surface area contributed by atoms with E-state index in [0.29, 0.717) is 12.1 Å². The predicted molar refractivity (Wildman–Crippen MR) is 66.6 cm³/mol. The molecule has 1 unspecified atom stereocenters. The number of rotatable bonds is 5. The largest absolute Gasteiger partial charge is 0.476 e. The molecule has 2 N–H and O–H groups in total. The molecule has 2 rings (SSSR count). The molecule has 0 aliphatic carbocycles. The highest BCUT2D eigenvalue weighted by atomic mass is 32.1. The Morgan fingerprint density at radius 3 is 2.94 bits per heavy atom. The van der Waals surface area contributed by atoms with Gasteiger partial charge >= 0.3 is 5.97 Å². The predicted octanol–water partition coefficient (Wildman–Crippen LogP) is 1.48. The number of aromatic carboxylic acids is 1. The van der Waals surface area contributed by atoms with Gasteiger partial charge in [0.15, 0.2) is 5.69 Å². The van der Waals surface area contributed by atoms with Gasteiger partial charge in [-0.05, 0) is 17.9 Å². The van der Waals surface area contributed by atoms with Crippen LogP contribution in [0, 0.1) is 0 Å². The van der Waals surface area contributed by atoms with Crippen LogP contribution in [-0.4, -0.2) is 37.3 Å². The average molecular weight is 267 g/mol. The van der Waals surface area contributed by atoms with E-state index in [0.717, 1.165) is 4.88 Å². The van der Waals surface area contributed by atoms with Gasteiger partial charge in [0.2, 0.25) is 0 Å². The molecule has 1 atom stereocenters. The molecule has 0 aromatic carbocycles. The van der Waals surface area contributed by atoms with Crippen LogP contribution in [0.2, 0.25) is 0 Å². The topological polar surface area (TPSA) is 88.2 Å². The molecule has 0 fully saturated rings. The zero-order chi connectivity index (χ0) is 13.1. The molecule has 0 spiro atoms. The molecule has 2 aromatic rings. The van der Waals surface area contributed by atoms with Crippen LogP contribution < -0.4 is 0 Å². The molecule has 7 heteroatoms. The molecular formula is C11H13N3O3S. The number of nitrogens with zero attached hydrogens (tertiary/aromatic N) is 3. The molecule has 0 radical (unpaired) electrons. The third-order valence-corrected chi connectivity index (χ3v) is 3.42. The van der Waals surface area contributed by atoms with E-state index in [2.05, 4.69) is 10.3 Å². The SMILES string of the molecule is CCC(O)Cn1nnc(C(=O)O)c1-c1cccs1. The molecule has 0 amide bonds. The molecule has 0 aliphatic heterocycles. The Morgan fingerprint density at radius 1 is 1.61 bits per heavy atom. The Hall–Kier alpha value is -1.73. The van der Waals surface area contributed by atoms with Gasteiger partial charge in [0.1, 0.15) is 5.69 Å². The number of aliphatic hydroxyl groups excluding tert-OH is 1. The van der Waals surface area contributed by atoms with E-state index in [4.69, 9.17) is 5.11 Å². The maximum absolute atomic E-state index is 11.1. The average Bonchev–Trinajstić information content (AvgIpc) is 2.96. The summed E-state index contributed by atoms with van der Waals surface area (Å²) in [5.41, 5.74) is 0.366. The van der Waals surface area contributed by atoms with E-state index in [1.807, 2.05) is 24.4 Å². The molecule has 6 nitrogen and oxygen atoms in total. The Labute approximate surface area is 107 Å². The monoisotopic (exact) mass is 267 g/mol. The van der Waals surface area contributed by atoms with E-state index in [-0.39, 0.29) is 12.2 Å². The Kier molecular flexibility index (Phi) is 3.73. The lowest BCUT2D eigenvalue weighted by molar-refractivity contribution is 0.0691. The van der Waals surface area contributed by atoms with Crippen molar-refractivity contribution in [1.29, 1.82) is 0 Å². The molecule has 18 heavy (non-hydrogen) atoms. The minimum absolute atomic E-state index is 0.0826. The highest BCUT2D eigenvalue weighted by Gasteiger charge is 2.22. The van der Waals surface area contributed by atoms with Crippen LogP contribution in [0.15, 0.2) is 17.5 Å². The summed E-state index contributed by atoms with van der Waals surface area (Å²) in [6.07, 6.45) is 0.0126. The fourth-order valence-corrected chi connectivity index (χ4v) is 2.35. The third kappa shape index (κ3) is 2.41. The quantitative estimate of drug-likeness (QED) is 0.856. The van der Waals surface area contributed by atoms with Crippen molar-refractivity contribution in [3.63, 3.8) is 0 Å². The number of aliphatic hydroxyl groups is 1. The molecule has 2 aromatic heterocycles. The number of aromatic nitrogens is 3. The van der Waals surface area contributed by atoms with Crippen molar-refractivity contribution < 1.29 is 15.0 Å². The van der Waals surface area contributed by atoms with Gasteiger partial charge in [-0.25, -0.2) is 9.48 Å². The van der Waals surface area contributed by atoms with Crippen molar-refractivity contribution in [1.82, 2.24) is 15.0 Å². The number of carboxylic acids is 1. The van der Waals surface area contributed by atoms with Gasteiger partial charge in [0, 0.05) is 0 Å². The third-order valence-electron chi connectivity index (χ3n) is 2.55. The second-order valence-electron chi connectivity index (χ2n) is 3.81. The van der Waals surface area contributed by atoms with Gasteiger partial charge in [-0.1, -0.05) is 18.2 Å². The highest BCUT2D eigenvalue weighted by molar-refractivity contribution is 7.13. The second-order valence-corrected chi connectivity index (χ2v) is 4.76. The molecule has 0 saturated carbocycles. The van der Waals surface area contributed by atoms with E-state index in [9.17, 15) is 9.90 Å². The van der Waals surface area contributed by atoms with Gasteiger partial charge in [-0.3, -0.25) is 0 Å². The van der Waals surface area contributed by atoms with Crippen LogP contribution in [0.4, 0.5) is 0 Å². The minimum atomic E-state index is -1.12. The molecule has 0 bridgehead atoms. The zero-order valence-electron chi connectivity index (χ0n) is 9.78. The van der Waals surface area contributed by atoms with Gasteiger partial charge < -0.3 is 10.2 Å². The van der Waals surface area contributed by atoms with Crippen molar-refractivity contribution >= 4 is 17.3 Å². The van der Waals surface area contributed by atoms with Crippen LogP contribution in [0.5, 0.6) is 0 Å². The van der Waals surface area contributed by atoms with Gasteiger partial charge in [0.25, 0.3) is 0 Å². The summed E-state index contributed by atoms with van der Waals surface area (Å²) in [6, 6.07) is 3.64. The van der Waals surface area contributed by atoms with Crippen molar-refractivity contribution in [3.05, 3.63) is 23.2 Å². The number of hydrogen-bond acceptors (Lipinski definition) is 5. The van der Waals surface area contributed by atoms with E-state index in [1.165, 1.54) is 16.0 Å². The Balaban J connectivity index is 2.45. The molecule has 0 saturated heterocycles. The van der Waals surface area contributed by atoms with Crippen LogP contribution in [0.1, 0.15) is 23.8 Å². The summed E-state index contributed by atoms with van der Waals surface area (Å²) in [7, 11) is 0. The fourth-order valence-electron chi connectivity index (χ4n) is 1.57.